The van der Waals surface area contributed by atoms with E-state index in [0.717, 1.165) is 17.5 Å². The first kappa shape index (κ1) is 20.9. The molecule has 0 radical (unpaired) electrons. The van der Waals surface area contributed by atoms with Crippen LogP contribution < -0.4 is 5.69 Å². The van der Waals surface area contributed by atoms with Crippen LogP contribution in [0.3, 0.4) is 0 Å². The number of thioether (sulfide) groups is 1. The van der Waals surface area contributed by atoms with Crippen molar-refractivity contribution < 1.29 is 4.79 Å². The average Bonchev–Trinajstić information content (AvgIpc) is 3.10. The summed E-state index contributed by atoms with van der Waals surface area (Å²) < 4.78 is 1.61. The Hall–Kier alpha value is -2.80. The molecule has 0 spiro atoms. The molecule has 3 rings (SSSR count). The zero-order valence-electron chi connectivity index (χ0n) is 16.7. The van der Waals surface area contributed by atoms with Gasteiger partial charge in [-0.25, -0.2) is 9.89 Å². The van der Waals surface area contributed by atoms with Gasteiger partial charge in [-0.05, 0) is 31.4 Å². The highest BCUT2D eigenvalue weighted by Crippen LogP contribution is 2.22. The van der Waals surface area contributed by atoms with Crippen LogP contribution in [0.15, 0.2) is 70.6 Å². The molecule has 1 unspecified atom stereocenters. The molecule has 0 aliphatic carbocycles. The smallest absolute Gasteiger partial charge is 0.338 e. The zero-order valence-corrected chi connectivity index (χ0v) is 17.6. The maximum absolute atomic E-state index is 13.0. The van der Waals surface area contributed by atoms with E-state index in [1.807, 2.05) is 79.4 Å². The molecule has 0 bridgehead atoms. The number of benzene rings is 2. The summed E-state index contributed by atoms with van der Waals surface area (Å²) in [6.45, 7) is 5.55. The third-order valence-electron chi connectivity index (χ3n) is 4.73. The SMILES string of the molecule is CCN(Cc1ccccc1)C(=O)C(C)Sc1n[nH]c(=O)n1CCc1ccccc1. The number of carbonyl (C=O) groups is 1. The molecule has 6 nitrogen and oxygen atoms in total. The lowest BCUT2D eigenvalue weighted by atomic mass is 10.1. The molecule has 3 aromatic rings. The van der Waals surface area contributed by atoms with Gasteiger partial charge in [-0.3, -0.25) is 9.36 Å². The van der Waals surface area contributed by atoms with Crippen LogP contribution >= 0.6 is 11.8 Å². The van der Waals surface area contributed by atoms with E-state index >= 15 is 0 Å². The Morgan fingerprint density at radius 1 is 1.10 bits per heavy atom. The Labute approximate surface area is 174 Å². The van der Waals surface area contributed by atoms with Crippen molar-refractivity contribution >= 4 is 17.7 Å². The first-order valence-electron chi connectivity index (χ1n) is 9.77. The van der Waals surface area contributed by atoms with Crippen molar-refractivity contribution in [1.82, 2.24) is 19.7 Å². The van der Waals surface area contributed by atoms with Crippen molar-refractivity contribution in [2.24, 2.45) is 0 Å². The lowest BCUT2D eigenvalue weighted by molar-refractivity contribution is -0.130. The molecule has 0 fully saturated rings. The normalized spacial score (nSPS) is 11.9. The van der Waals surface area contributed by atoms with Crippen molar-refractivity contribution in [1.29, 1.82) is 0 Å². The number of nitrogens with zero attached hydrogens (tertiary/aromatic N) is 3. The van der Waals surface area contributed by atoms with Crippen LogP contribution in [0.4, 0.5) is 0 Å². The number of hydrogen-bond acceptors (Lipinski definition) is 4. The van der Waals surface area contributed by atoms with E-state index in [0.29, 0.717) is 24.8 Å². The van der Waals surface area contributed by atoms with Gasteiger partial charge in [-0.15, -0.1) is 5.10 Å². The van der Waals surface area contributed by atoms with E-state index in [1.54, 1.807) is 4.57 Å². The zero-order chi connectivity index (χ0) is 20.6. The largest absolute Gasteiger partial charge is 0.343 e. The third-order valence-corrected chi connectivity index (χ3v) is 5.81. The minimum atomic E-state index is -0.343. The number of amides is 1. The summed E-state index contributed by atoms with van der Waals surface area (Å²) in [6, 6.07) is 19.9. The fraction of sp³-hybridized carbons (Fsp3) is 0.318. The fourth-order valence-electron chi connectivity index (χ4n) is 3.09. The molecular formula is C22H26N4O2S. The van der Waals surface area contributed by atoms with Gasteiger partial charge >= 0.3 is 5.69 Å². The minimum absolute atomic E-state index is 0.0337. The van der Waals surface area contributed by atoms with Gasteiger partial charge in [-0.1, -0.05) is 72.4 Å². The van der Waals surface area contributed by atoms with E-state index in [-0.39, 0.29) is 16.8 Å². The third kappa shape index (κ3) is 5.60. The summed E-state index contributed by atoms with van der Waals surface area (Å²) in [4.78, 5) is 27.0. The fourth-order valence-corrected chi connectivity index (χ4v) is 4.06. The number of hydrogen-bond donors (Lipinski definition) is 1. The van der Waals surface area contributed by atoms with Gasteiger partial charge in [0.2, 0.25) is 5.91 Å². The first-order chi connectivity index (χ1) is 14.1. The van der Waals surface area contributed by atoms with Gasteiger partial charge in [0.15, 0.2) is 5.16 Å². The lowest BCUT2D eigenvalue weighted by Gasteiger charge is -2.24. The molecule has 0 aliphatic rings. The minimum Gasteiger partial charge on any atom is -0.338 e. The monoisotopic (exact) mass is 410 g/mol. The van der Waals surface area contributed by atoms with Crippen LogP contribution in [0.2, 0.25) is 0 Å². The second-order valence-electron chi connectivity index (χ2n) is 6.80. The van der Waals surface area contributed by atoms with Gasteiger partial charge in [0.05, 0.1) is 5.25 Å². The van der Waals surface area contributed by atoms with Crippen LogP contribution in [0.5, 0.6) is 0 Å². The summed E-state index contributed by atoms with van der Waals surface area (Å²) in [7, 11) is 0. The molecule has 7 heteroatoms. The number of aromatic nitrogens is 3. The average molecular weight is 411 g/mol. The molecule has 2 aromatic carbocycles. The lowest BCUT2D eigenvalue weighted by Crippen LogP contribution is -2.36. The maximum Gasteiger partial charge on any atom is 0.343 e. The number of rotatable bonds is 9. The summed E-state index contributed by atoms with van der Waals surface area (Å²) >= 11 is 1.32. The summed E-state index contributed by atoms with van der Waals surface area (Å²) in [6.07, 6.45) is 0.727. The quantitative estimate of drug-likeness (QED) is 0.549. The number of aryl methyl sites for hydroxylation is 1. The van der Waals surface area contributed by atoms with Gasteiger partial charge < -0.3 is 4.90 Å². The molecule has 29 heavy (non-hydrogen) atoms. The van der Waals surface area contributed by atoms with E-state index in [1.165, 1.54) is 11.8 Å². The van der Waals surface area contributed by atoms with E-state index in [4.69, 9.17) is 0 Å². The molecule has 1 amide bonds. The molecule has 0 aliphatic heterocycles. The van der Waals surface area contributed by atoms with Crippen LogP contribution in [-0.4, -0.2) is 37.4 Å². The van der Waals surface area contributed by atoms with Crippen molar-refractivity contribution in [3.63, 3.8) is 0 Å². The first-order valence-corrected chi connectivity index (χ1v) is 10.6. The predicted molar refractivity (Wildman–Crippen MR) is 116 cm³/mol. The van der Waals surface area contributed by atoms with Crippen LogP contribution in [0.1, 0.15) is 25.0 Å². The predicted octanol–water partition coefficient (Wildman–Crippen LogP) is 3.34. The van der Waals surface area contributed by atoms with E-state index in [2.05, 4.69) is 10.2 Å². The number of H-pyrrole nitrogens is 1. The second kappa shape index (κ2) is 10.1. The molecule has 152 valence electrons. The summed E-state index contributed by atoms with van der Waals surface area (Å²) in [5.41, 5.74) is 2.00. The van der Waals surface area contributed by atoms with Crippen molar-refractivity contribution in [3.8, 4) is 0 Å². The van der Waals surface area contributed by atoms with E-state index < -0.39 is 0 Å². The molecule has 1 N–H and O–H groups in total. The molecule has 1 aromatic heterocycles. The molecular weight excluding hydrogens is 384 g/mol. The van der Waals surface area contributed by atoms with E-state index in [9.17, 15) is 9.59 Å². The molecule has 1 heterocycles. The molecule has 1 atom stereocenters. The van der Waals surface area contributed by atoms with Crippen LogP contribution in [0, 0.1) is 0 Å². The van der Waals surface area contributed by atoms with Gasteiger partial charge in [0.25, 0.3) is 0 Å². The van der Waals surface area contributed by atoms with Crippen molar-refractivity contribution in [2.75, 3.05) is 6.54 Å². The topological polar surface area (TPSA) is 71.0 Å². The highest BCUT2D eigenvalue weighted by atomic mass is 32.2. The standard InChI is InChI=1S/C22H26N4O2S/c1-3-25(16-19-12-8-5-9-13-19)20(27)17(2)29-22-24-23-21(28)26(22)15-14-18-10-6-4-7-11-18/h4-13,17H,3,14-16H2,1-2H3,(H,23,28). The number of aromatic amines is 1. The van der Waals surface area contributed by atoms with Gasteiger partial charge in [0, 0.05) is 19.6 Å². The molecule has 0 saturated heterocycles. The van der Waals surface area contributed by atoms with Gasteiger partial charge in [-0.2, -0.15) is 0 Å². The Kier molecular flexibility index (Phi) is 7.30. The van der Waals surface area contributed by atoms with Crippen LogP contribution in [0.25, 0.3) is 0 Å². The Bertz CT molecular complexity index is 969. The van der Waals surface area contributed by atoms with Crippen LogP contribution in [-0.2, 0) is 24.3 Å². The Morgan fingerprint density at radius 3 is 2.34 bits per heavy atom. The molecule has 0 saturated carbocycles. The van der Waals surface area contributed by atoms with Gasteiger partial charge in [0.1, 0.15) is 0 Å². The second-order valence-corrected chi connectivity index (χ2v) is 8.10. The summed E-state index contributed by atoms with van der Waals surface area (Å²) in [5.74, 6) is 0.0337. The maximum atomic E-state index is 13.0. The number of carbonyl (C=O) groups excluding carboxylic acids is 1. The Balaban J connectivity index is 1.65. The highest BCUT2D eigenvalue weighted by molar-refractivity contribution is 8.00. The number of nitrogens with one attached hydrogen (secondary N) is 1. The van der Waals surface area contributed by atoms with Crippen molar-refractivity contribution in [3.05, 3.63) is 82.3 Å². The van der Waals surface area contributed by atoms with Crippen molar-refractivity contribution in [2.45, 2.75) is 43.8 Å². The Morgan fingerprint density at radius 2 is 1.72 bits per heavy atom. The summed E-state index contributed by atoms with van der Waals surface area (Å²) in [5, 5.41) is 6.85. The highest BCUT2D eigenvalue weighted by Gasteiger charge is 2.23.